The molecule has 0 spiro atoms. The van der Waals surface area contributed by atoms with Gasteiger partial charge < -0.3 is 10.2 Å². The van der Waals surface area contributed by atoms with Crippen LogP contribution in [0.2, 0.25) is 5.02 Å². The van der Waals surface area contributed by atoms with Crippen LogP contribution in [0.1, 0.15) is 55.7 Å². The van der Waals surface area contributed by atoms with Gasteiger partial charge in [0.2, 0.25) is 11.8 Å². The first-order valence-corrected chi connectivity index (χ1v) is 15.9. The Balaban J connectivity index is 1.69. The van der Waals surface area contributed by atoms with Gasteiger partial charge in [-0.05, 0) is 69.0 Å². The molecule has 9 heteroatoms. The van der Waals surface area contributed by atoms with Crippen LogP contribution in [-0.2, 0) is 26.2 Å². The summed E-state index contributed by atoms with van der Waals surface area (Å²) >= 11 is 6.39. The van der Waals surface area contributed by atoms with Crippen molar-refractivity contribution in [1.82, 2.24) is 10.2 Å². The van der Waals surface area contributed by atoms with E-state index in [-0.39, 0.29) is 23.4 Å². The minimum atomic E-state index is -4.14. The highest BCUT2D eigenvalue weighted by molar-refractivity contribution is 7.92. The SMILES string of the molecule is Cc1ccc(CN(C(=O)CN(c2cccc(Cl)c2C)S(=O)(=O)c2ccccc2)[C@@H](C)C(=O)NC2CCCCC2)cc1. The van der Waals surface area contributed by atoms with E-state index in [2.05, 4.69) is 5.32 Å². The fourth-order valence-electron chi connectivity index (χ4n) is 5.14. The van der Waals surface area contributed by atoms with Gasteiger partial charge in [-0.15, -0.1) is 0 Å². The predicted octanol–water partition coefficient (Wildman–Crippen LogP) is 6.02. The minimum Gasteiger partial charge on any atom is -0.352 e. The van der Waals surface area contributed by atoms with Crippen molar-refractivity contribution in [3.8, 4) is 0 Å². The van der Waals surface area contributed by atoms with Gasteiger partial charge in [-0.25, -0.2) is 8.42 Å². The van der Waals surface area contributed by atoms with Crippen molar-refractivity contribution in [2.24, 2.45) is 0 Å². The quantitative estimate of drug-likeness (QED) is 0.311. The van der Waals surface area contributed by atoms with Crippen molar-refractivity contribution in [1.29, 1.82) is 0 Å². The number of sulfonamides is 1. The highest BCUT2D eigenvalue weighted by atomic mass is 35.5. The van der Waals surface area contributed by atoms with Crippen LogP contribution in [0.4, 0.5) is 5.69 Å². The Hall–Kier alpha value is -3.36. The summed E-state index contributed by atoms with van der Waals surface area (Å²) in [5.74, 6) is -0.732. The van der Waals surface area contributed by atoms with Crippen LogP contribution in [0, 0.1) is 13.8 Å². The summed E-state index contributed by atoms with van der Waals surface area (Å²) in [6, 6.07) is 20.0. The largest absolute Gasteiger partial charge is 0.352 e. The summed E-state index contributed by atoms with van der Waals surface area (Å²) in [7, 11) is -4.14. The third-order valence-corrected chi connectivity index (χ3v) is 9.89. The van der Waals surface area contributed by atoms with E-state index in [1.165, 1.54) is 17.0 Å². The van der Waals surface area contributed by atoms with Gasteiger partial charge in [0, 0.05) is 17.6 Å². The lowest BCUT2D eigenvalue weighted by molar-refractivity contribution is -0.139. The normalized spacial score (nSPS) is 14.7. The van der Waals surface area contributed by atoms with E-state index in [0.717, 1.165) is 47.5 Å². The lowest BCUT2D eigenvalue weighted by atomic mass is 9.95. The Bertz CT molecular complexity index is 1460. The predicted molar refractivity (Wildman–Crippen MR) is 163 cm³/mol. The number of amides is 2. The zero-order valence-electron chi connectivity index (χ0n) is 23.8. The molecular weight excluding hydrogens is 558 g/mol. The molecule has 218 valence electrons. The summed E-state index contributed by atoms with van der Waals surface area (Å²) < 4.78 is 29.0. The number of aryl methyl sites for hydroxylation is 1. The number of carbonyl (C=O) groups excluding carboxylic acids is 2. The average Bonchev–Trinajstić information content (AvgIpc) is 2.97. The van der Waals surface area contributed by atoms with Crippen LogP contribution in [0.3, 0.4) is 0 Å². The van der Waals surface area contributed by atoms with Gasteiger partial charge in [-0.3, -0.25) is 13.9 Å². The molecule has 0 unspecified atom stereocenters. The summed E-state index contributed by atoms with van der Waals surface area (Å²) in [5.41, 5.74) is 2.77. The smallest absolute Gasteiger partial charge is 0.264 e. The molecule has 1 N–H and O–H groups in total. The monoisotopic (exact) mass is 595 g/mol. The molecule has 0 aliphatic heterocycles. The molecule has 0 heterocycles. The first-order valence-electron chi connectivity index (χ1n) is 14.1. The van der Waals surface area contributed by atoms with E-state index in [1.54, 1.807) is 50.2 Å². The summed E-state index contributed by atoms with van der Waals surface area (Å²) in [5, 5.41) is 3.51. The van der Waals surface area contributed by atoms with Crippen LogP contribution in [-0.4, -0.2) is 43.8 Å². The Morgan fingerprint density at radius 3 is 2.24 bits per heavy atom. The molecule has 0 saturated heterocycles. The molecule has 2 amide bonds. The fourth-order valence-corrected chi connectivity index (χ4v) is 6.80. The second-order valence-electron chi connectivity index (χ2n) is 10.7. The van der Waals surface area contributed by atoms with Gasteiger partial charge in [0.15, 0.2) is 0 Å². The molecule has 4 rings (SSSR count). The molecule has 41 heavy (non-hydrogen) atoms. The highest BCUT2D eigenvalue weighted by Crippen LogP contribution is 2.31. The second kappa shape index (κ2) is 13.5. The molecule has 1 fully saturated rings. The number of rotatable bonds is 10. The van der Waals surface area contributed by atoms with Gasteiger partial charge in [0.25, 0.3) is 10.0 Å². The maximum absolute atomic E-state index is 14.1. The molecule has 0 radical (unpaired) electrons. The standard InChI is InChI=1S/C32H38ClN3O4S/c1-23-17-19-26(20-18-23)21-35(25(3)32(38)34-27-11-6-4-7-12-27)31(37)22-36(30-16-10-15-29(33)24(30)2)41(39,40)28-13-8-5-9-14-28/h5,8-10,13-20,25,27H,4,6-7,11-12,21-22H2,1-3H3,(H,34,38)/t25-/m0/s1. The number of hydrogen-bond donors (Lipinski definition) is 1. The van der Waals surface area contributed by atoms with Crippen molar-refractivity contribution in [3.63, 3.8) is 0 Å². The van der Waals surface area contributed by atoms with Crippen molar-refractivity contribution in [3.05, 3.63) is 94.5 Å². The topological polar surface area (TPSA) is 86.8 Å². The van der Waals surface area contributed by atoms with E-state index >= 15 is 0 Å². The van der Waals surface area contributed by atoms with Crippen LogP contribution in [0.25, 0.3) is 0 Å². The lowest BCUT2D eigenvalue weighted by Gasteiger charge is -2.33. The van der Waals surface area contributed by atoms with Crippen LogP contribution < -0.4 is 9.62 Å². The van der Waals surface area contributed by atoms with Crippen molar-refractivity contribution < 1.29 is 18.0 Å². The van der Waals surface area contributed by atoms with E-state index in [1.807, 2.05) is 31.2 Å². The average molecular weight is 596 g/mol. The Morgan fingerprint density at radius 2 is 1.59 bits per heavy atom. The summed E-state index contributed by atoms with van der Waals surface area (Å²) in [6.07, 6.45) is 5.13. The second-order valence-corrected chi connectivity index (χ2v) is 13.0. The highest BCUT2D eigenvalue weighted by Gasteiger charge is 2.34. The van der Waals surface area contributed by atoms with Crippen LogP contribution >= 0.6 is 11.6 Å². The van der Waals surface area contributed by atoms with E-state index in [0.29, 0.717) is 16.3 Å². The maximum Gasteiger partial charge on any atom is 0.264 e. The number of benzene rings is 3. The molecule has 3 aromatic rings. The Morgan fingerprint density at radius 1 is 0.927 bits per heavy atom. The molecule has 1 saturated carbocycles. The van der Waals surface area contributed by atoms with E-state index < -0.39 is 28.5 Å². The van der Waals surface area contributed by atoms with Gasteiger partial charge >= 0.3 is 0 Å². The summed E-state index contributed by atoms with van der Waals surface area (Å²) in [4.78, 5) is 29.1. The fraction of sp³-hybridized carbons (Fsp3) is 0.375. The van der Waals surface area contributed by atoms with Gasteiger partial charge in [-0.1, -0.05) is 85.0 Å². The maximum atomic E-state index is 14.1. The van der Waals surface area contributed by atoms with Crippen molar-refractivity contribution >= 4 is 39.1 Å². The lowest BCUT2D eigenvalue weighted by Crippen LogP contribution is -2.53. The number of nitrogens with zero attached hydrogens (tertiary/aromatic N) is 2. The number of halogens is 1. The molecule has 0 bridgehead atoms. The Kier molecular flexibility index (Phi) is 10.1. The third kappa shape index (κ3) is 7.49. The van der Waals surface area contributed by atoms with Gasteiger partial charge in [0.1, 0.15) is 12.6 Å². The zero-order chi connectivity index (χ0) is 29.6. The van der Waals surface area contributed by atoms with E-state index in [4.69, 9.17) is 11.6 Å². The number of carbonyl (C=O) groups is 2. The first-order chi connectivity index (χ1) is 19.6. The van der Waals surface area contributed by atoms with Crippen molar-refractivity contribution in [2.75, 3.05) is 10.8 Å². The molecule has 1 aliphatic carbocycles. The molecule has 7 nitrogen and oxygen atoms in total. The Labute approximate surface area is 248 Å². The van der Waals surface area contributed by atoms with Crippen LogP contribution in [0.5, 0.6) is 0 Å². The van der Waals surface area contributed by atoms with Gasteiger partial charge in [0.05, 0.1) is 10.6 Å². The zero-order valence-corrected chi connectivity index (χ0v) is 25.4. The van der Waals surface area contributed by atoms with Gasteiger partial charge in [-0.2, -0.15) is 0 Å². The number of anilines is 1. The van der Waals surface area contributed by atoms with Crippen LogP contribution in [0.15, 0.2) is 77.7 Å². The van der Waals surface area contributed by atoms with Crippen molar-refractivity contribution in [2.45, 2.75) is 76.4 Å². The molecular formula is C32H38ClN3O4S. The summed E-state index contributed by atoms with van der Waals surface area (Å²) in [6.45, 7) is 5.06. The molecule has 1 aliphatic rings. The van der Waals surface area contributed by atoms with E-state index in [9.17, 15) is 18.0 Å². The number of hydrogen-bond acceptors (Lipinski definition) is 4. The number of nitrogens with one attached hydrogen (secondary N) is 1. The minimum absolute atomic E-state index is 0.0559. The third-order valence-electron chi connectivity index (χ3n) is 7.71. The molecule has 3 aromatic carbocycles. The molecule has 0 aromatic heterocycles. The first kappa shape index (κ1) is 30.6. The molecule has 1 atom stereocenters.